The maximum Gasteiger partial charge on any atom is 0.259 e. The lowest BCUT2D eigenvalue weighted by Crippen LogP contribution is -2.43. The minimum atomic E-state index is -0.155. The van der Waals surface area contributed by atoms with E-state index < -0.39 is 0 Å². The fourth-order valence-corrected chi connectivity index (χ4v) is 3.75. The molecule has 0 saturated carbocycles. The molecule has 3 aromatic carbocycles. The number of anilines is 2. The molecule has 2 heterocycles. The van der Waals surface area contributed by atoms with Gasteiger partial charge in [-0.2, -0.15) is 0 Å². The number of fused-ring (bicyclic) bond motifs is 2. The van der Waals surface area contributed by atoms with Crippen molar-refractivity contribution in [3.8, 4) is 0 Å². The molecule has 0 radical (unpaired) electrons. The van der Waals surface area contributed by atoms with E-state index in [0.717, 1.165) is 11.0 Å². The zero-order valence-corrected chi connectivity index (χ0v) is 17.0. The largest absolute Gasteiger partial charge is 0.355 e. The molecule has 0 unspecified atom stereocenters. The number of likely N-dealkylation sites (N-methyl/N-ethyl adjacent to an activating group) is 1. The molecule has 0 saturated heterocycles. The van der Waals surface area contributed by atoms with Gasteiger partial charge in [0.05, 0.1) is 11.0 Å². The number of hydrogen-bond acceptors (Lipinski definition) is 5. The number of nitrogens with zero attached hydrogens (tertiary/aromatic N) is 4. The van der Waals surface area contributed by atoms with E-state index in [4.69, 9.17) is 9.97 Å². The van der Waals surface area contributed by atoms with Gasteiger partial charge in [0.2, 0.25) is 0 Å². The van der Waals surface area contributed by atoms with E-state index in [1.54, 1.807) is 41.3 Å². The molecule has 31 heavy (non-hydrogen) atoms. The molecule has 5 rings (SSSR count). The van der Waals surface area contributed by atoms with Crippen LogP contribution >= 0.6 is 0 Å². The maximum atomic E-state index is 13.3. The van der Waals surface area contributed by atoms with Crippen LogP contribution in [0.3, 0.4) is 0 Å². The maximum absolute atomic E-state index is 13.3. The average molecular weight is 408 g/mol. The normalized spacial score (nSPS) is 13.2. The fourth-order valence-electron chi connectivity index (χ4n) is 3.75. The van der Waals surface area contributed by atoms with Gasteiger partial charge in [0.25, 0.3) is 5.91 Å². The van der Waals surface area contributed by atoms with Gasteiger partial charge >= 0.3 is 0 Å². The highest BCUT2D eigenvalue weighted by atomic mass is 16.2. The monoisotopic (exact) mass is 408 g/mol. The van der Waals surface area contributed by atoms with E-state index in [2.05, 4.69) is 0 Å². The molecule has 1 aromatic heterocycles. The van der Waals surface area contributed by atoms with Gasteiger partial charge in [0, 0.05) is 36.8 Å². The number of carbonyl (C=O) groups is 2. The van der Waals surface area contributed by atoms with Gasteiger partial charge < -0.3 is 4.90 Å². The molecule has 0 atom stereocenters. The molecular formula is C25H20N4O2. The zero-order valence-electron chi connectivity index (χ0n) is 17.0. The van der Waals surface area contributed by atoms with Gasteiger partial charge in [-0.05, 0) is 24.3 Å². The summed E-state index contributed by atoms with van der Waals surface area (Å²) in [5.74, 6) is 1.02. The number of ketones is 1. The minimum absolute atomic E-state index is 0.0677. The molecular weight excluding hydrogens is 388 g/mol. The average Bonchev–Trinajstić information content (AvgIpc) is 2.83. The first-order valence-electron chi connectivity index (χ1n) is 10.1. The molecule has 1 aliphatic rings. The Labute approximate surface area is 179 Å². The predicted molar refractivity (Wildman–Crippen MR) is 121 cm³/mol. The zero-order chi connectivity index (χ0) is 21.4. The summed E-state index contributed by atoms with van der Waals surface area (Å²) in [7, 11) is 1.95. The quantitative estimate of drug-likeness (QED) is 0.480. The van der Waals surface area contributed by atoms with Crippen molar-refractivity contribution in [1.29, 1.82) is 0 Å². The van der Waals surface area contributed by atoms with Crippen LogP contribution in [0.5, 0.6) is 0 Å². The van der Waals surface area contributed by atoms with Gasteiger partial charge in [0.15, 0.2) is 17.4 Å². The lowest BCUT2D eigenvalue weighted by molar-refractivity contribution is 0.0983. The number of para-hydroxylation sites is 2. The molecule has 0 aliphatic carbocycles. The van der Waals surface area contributed by atoms with E-state index in [0.29, 0.717) is 41.4 Å². The standard InChI is InChI=1S/C25H20N4O2/c1-28-15-16-29(24-23(28)26-20-9-5-6-10-21(20)27-24)25(31)19-13-11-18(12-14-19)22(30)17-7-3-2-4-8-17/h2-14H,15-16H2,1H3. The van der Waals surface area contributed by atoms with Crippen molar-refractivity contribution in [1.82, 2.24) is 9.97 Å². The van der Waals surface area contributed by atoms with Crippen LogP contribution in [0.15, 0.2) is 78.9 Å². The summed E-state index contributed by atoms with van der Waals surface area (Å²) in [6.07, 6.45) is 0. The summed E-state index contributed by atoms with van der Waals surface area (Å²) < 4.78 is 0. The van der Waals surface area contributed by atoms with Gasteiger partial charge in [-0.3, -0.25) is 14.5 Å². The Morgan fingerprint density at radius 1 is 0.677 bits per heavy atom. The van der Waals surface area contributed by atoms with E-state index in [9.17, 15) is 9.59 Å². The van der Waals surface area contributed by atoms with Crippen molar-refractivity contribution in [2.75, 3.05) is 29.9 Å². The number of rotatable bonds is 3. The molecule has 0 spiro atoms. The molecule has 0 N–H and O–H groups in total. The second-order valence-electron chi connectivity index (χ2n) is 7.51. The molecule has 152 valence electrons. The summed E-state index contributed by atoms with van der Waals surface area (Å²) >= 11 is 0. The first-order valence-corrected chi connectivity index (χ1v) is 10.1. The van der Waals surface area contributed by atoms with Crippen LogP contribution in [0.1, 0.15) is 26.3 Å². The Hall–Kier alpha value is -4.06. The number of hydrogen-bond donors (Lipinski definition) is 0. The Morgan fingerprint density at radius 3 is 1.90 bits per heavy atom. The summed E-state index contributed by atoms with van der Waals surface area (Å²) in [6, 6.07) is 23.5. The van der Waals surface area contributed by atoms with E-state index in [1.807, 2.05) is 54.4 Å². The number of aromatic nitrogens is 2. The third kappa shape index (κ3) is 3.42. The van der Waals surface area contributed by atoms with E-state index in [-0.39, 0.29) is 11.7 Å². The number of carbonyl (C=O) groups excluding carboxylic acids is 2. The predicted octanol–water partition coefficient (Wildman–Crippen LogP) is 3.96. The first-order chi connectivity index (χ1) is 15.1. The van der Waals surface area contributed by atoms with Crippen molar-refractivity contribution in [2.24, 2.45) is 0 Å². The van der Waals surface area contributed by atoms with Crippen LogP contribution in [-0.2, 0) is 0 Å². The summed E-state index contributed by atoms with van der Waals surface area (Å²) in [4.78, 5) is 39.1. The fraction of sp³-hybridized carbons (Fsp3) is 0.120. The van der Waals surface area contributed by atoms with Crippen LogP contribution in [-0.4, -0.2) is 41.8 Å². The summed E-state index contributed by atoms with van der Waals surface area (Å²) in [5, 5.41) is 0. The smallest absolute Gasteiger partial charge is 0.259 e. The van der Waals surface area contributed by atoms with Crippen LogP contribution in [0, 0.1) is 0 Å². The highest BCUT2D eigenvalue weighted by molar-refractivity contribution is 6.11. The van der Waals surface area contributed by atoms with Gasteiger partial charge in [-0.25, -0.2) is 9.97 Å². The Kier molecular flexibility index (Phi) is 4.67. The Bertz CT molecular complexity index is 1290. The van der Waals surface area contributed by atoms with Crippen LogP contribution < -0.4 is 9.80 Å². The van der Waals surface area contributed by atoms with Crippen molar-refractivity contribution in [3.63, 3.8) is 0 Å². The first kappa shape index (κ1) is 18.9. The molecule has 6 heteroatoms. The highest BCUT2D eigenvalue weighted by Crippen LogP contribution is 2.31. The number of benzene rings is 3. The molecule has 0 bridgehead atoms. The third-order valence-electron chi connectivity index (χ3n) is 5.49. The minimum Gasteiger partial charge on any atom is -0.355 e. The van der Waals surface area contributed by atoms with Crippen LogP contribution in [0.4, 0.5) is 11.6 Å². The molecule has 6 nitrogen and oxygen atoms in total. The van der Waals surface area contributed by atoms with Crippen molar-refractivity contribution >= 4 is 34.4 Å². The van der Waals surface area contributed by atoms with Gasteiger partial charge in [-0.15, -0.1) is 0 Å². The second-order valence-corrected chi connectivity index (χ2v) is 7.51. The van der Waals surface area contributed by atoms with Gasteiger partial charge in [-0.1, -0.05) is 54.6 Å². The van der Waals surface area contributed by atoms with E-state index >= 15 is 0 Å². The lowest BCUT2D eigenvalue weighted by Gasteiger charge is -2.33. The highest BCUT2D eigenvalue weighted by Gasteiger charge is 2.29. The van der Waals surface area contributed by atoms with E-state index in [1.165, 1.54) is 0 Å². The Balaban J connectivity index is 1.46. The van der Waals surface area contributed by atoms with Crippen molar-refractivity contribution in [3.05, 3.63) is 95.6 Å². The molecule has 4 aromatic rings. The summed E-state index contributed by atoms with van der Waals surface area (Å²) in [6.45, 7) is 1.18. The Morgan fingerprint density at radius 2 is 1.23 bits per heavy atom. The third-order valence-corrected chi connectivity index (χ3v) is 5.49. The van der Waals surface area contributed by atoms with Crippen molar-refractivity contribution < 1.29 is 9.59 Å². The second kappa shape index (κ2) is 7.65. The SMILES string of the molecule is CN1CCN(C(=O)c2ccc(C(=O)c3ccccc3)cc2)c2nc3ccccc3nc21. The lowest BCUT2D eigenvalue weighted by atomic mass is 10.0. The van der Waals surface area contributed by atoms with Crippen LogP contribution in [0.2, 0.25) is 0 Å². The molecule has 1 amide bonds. The summed E-state index contributed by atoms with van der Waals surface area (Å²) in [5.41, 5.74) is 3.23. The topological polar surface area (TPSA) is 66.4 Å². The molecule has 0 fully saturated rings. The number of amides is 1. The van der Waals surface area contributed by atoms with Crippen molar-refractivity contribution in [2.45, 2.75) is 0 Å². The van der Waals surface area contributed by atoms with Crippen LogP contribution in [0.25, 0.3) is 11.0 Å². The van der Waals surface area contributed by atoms with Gasteiger partial charge in [0.1, 0.15) is 0 Å². The molecule has 1 aliphatic heterocycles.